The second-order valence-corrected chi connectivity index (χ2v) is 9.53. The van der Waals surface area contributed by atoms with Gasteiger partial charge < -0.3 is 10.6 Å². The number of benzene rings is 1. The van der Waals surface area contributed by atoms with Crippen molar-refractivity contribution in [3.05, 3.63) is 78.3 Å². The third-order valence-electron chi connectivity index (χ3n) is 7.24. The Morgan fingerprint density at radius 3 is 2.49 bits per heavy atom. The highest BCUT2D eigenvalue weighted by atomic mass is 16.2. The number of pyridine rings is 1. The number of H-pyrrole nitrogens is 1. The van der Waals surface area contributed by atoms with Gasteiger partial charge in [-0.2, -0.15) is 14.7 Å². The molecule has 11 heteroatoms. The molecule has 0 aliphatic carbocycles. The van der Waals surface area contributed by atoms with Crippen LogP contribution in [0.2, 0.25) is 0 Å². The van der Waals surface area contributed by atoms with E-state index in [2.05, 4.69) is 25.3 Å². The molecular formula is C28H27N9O2. The van der Waals surface area contributed by atoms with E-state index in [-0.39, 0.29) is 29.3 Å². The smallest absolute Gasteiger partial charge is 0.291 e. The molecule has 1 aromatic carbocycles. The lowest BCUT2D eigenvalue weighted by atomic mass is 9.88. The maximum absolute atomic E-state index is 13.1. The molecule has 196 valence electrons. The minimum absolute atomic E-state index is 0.0390. The average Bonchev–Trinajstić information content (AvgIpc) is 3.68. The van der Waals surface area contributed by atoms with Crippen LogP contribution >= 0.6 is 0 Å². The molecule has 4 aromatic heterocycles. The van der Waals surface area contributed by atoms with E-state index in [1.165, 1.54) is 10.8 Å². The van der Waals surface area contributed by atoms with Gasteiger partial charge in [0.1, 0.15) is 12.1 Å². The zero-order valence-electron chi connectivity index (χ0n) is 21.4. The summed E-state index contributed by atoms with van der Waals surface area (Å²) in [4.78, 5) is 41.2. The van der Waals surface area contributed by atoms with Gasteiger partial charge in [-0.25, -0.2) is 9.97 Å². The van der Waals surface area contributed by atoms with Crippen LogP contribution in [0.25, 0.3) is 28.0 Å². The minimum Gasteiger partial charge on any atom is -0.383 e. The molecule has 1 fully saturated rings. The lowest BCUT2D eigenvalue weighted by molar-refractivity contribution is 0.0699. The van der Waals surface area contributed by atoms with Crippen LogP contribution in [-0.2, 0) is 0 Å². The van der Waals surface area contributed by atoms with Crippen molar-refractivity contribution in [1.82, 2.24) is 39.7 Å². The predicted molar refractivity (Wildman–Crippen MR) is 145 cm³/mol. The Morgan fingerprint density at radius 2 is 1.82 bits per heavy atom. The van der Waals surface area contributed by atoms with E-state index in [1.54, 1.807) is 17.3 Å². The Labute approximate surface area is 224 Å². The number of nitrogens with two attached hydrogens (primary N) is 1. The molecule has 3 N–H and O–H groups in total. The number of anilines is 1. The third kappa shape index (κ3) is 4.41. The number of likely N-dealkylation sites (tertiary alicyclic amines) is 1. The third-order valence-corrected chi connectivity index (χ3v) is 7.24. The second-order valence-electron chi connectivity index (χ2n) is 9.53. The SMILES string of the molecule is CCC(=O)c1c(C2CCN(C(=O)c3ncn[nH]3)CC2)nc2c(-c3ccc(-c4ccccc4)nc3)cnn2c1N. The van der Waals surface area contributed by atoms with E-state index >= 15 is 0 Å². The van der Waals surface area contributed by atoms with Crippen LogP contribution in [0.5, 0.6) is 0 Å². The summed E-state index contributed by atoms with van der Waals surface area (Å²) in [6.45, 7) is 2.82. The van der Waals surface area contributed by atoms with Crippen LogP contribution in [-0.4, -0.2) is 64.4 Å². The monoisotopic (exact) mass is 521 g/mol. The first-order valence-electron chi connectivity index (χ1n) is 12.9. The molecule has 39 heavy (non-hydrogen) atoms. The number of amides is 1. The zero-order valence-corrected chi connectivity index (χ0v) is 21.4. The maximum Gasteiger partial charge on any atom is 0.291 e. The number of carbonyl (C=O) groups excluding carboxylic acids is 2. The number of nitrogens with one attached hydrogen (secondary N) is 1. The van der Waals surface area contributed by atoms with Gasteiger partial charge in [0.2, 0.25) is 5.82 Å². The minimum atomic E-state index is -0.191. The molecule has 0 spiro atoms. The van der Waals surface area contributed by atoms with Gasteiger partial charge in [0, 0.05) is 48.3 Å². The van der Waals surface area contributed by atoms with Gasteiger partial charge in [0.05, 0.1) is 23.1 Å². The topological polar surface area (TPSA) is 148 Å². The summed E-state index contributed by atoms with van der Waals surface area (Å²) in [6, 6.07) is 13.9. The number of nitrogen functional groups attached to an aromatic ring is 1. The van der Waals surface area contributed by atoms with Gasteiger partial charge in [-0.3, -0.25) is 19.7 Å². The van der Waals surface area contributed by atoms with Crippen LogP contribution in [0, 0.1) is 0 Å². The van der Waals surface area contributed by atoms with Crippen molar-refractivity contribution in [3.63, 3.8) is 0 Å². The molecule has 6 rings (SSSR count). The lowest BCUT2D eigenvalue weighted by Gasteiger charge is -2.32. The molecule has 0 radical (unpaired) electrons. The number of ketones is 1. The quantitative estimate of drug-likeness (QED) is 0.321. The molecule has 1 aliphatic heterocycles. The second kappa shape index (κ2) is 10.1. The van der Waals surface area contributed by atoms with Crippen molar-refractivity contribution in [3.8, 4) is 22.4 Å². The fourth-order valence-electron chi connectivity index (χ4n) is 5.14. The molecule has 5 heterocycles. The number of rotatable bonds is 6. The van der Waals surface area contributed by atoms with Gasteiger partial charge in [-0.15, -0.1) is 0 Å². The van der Waals surface area contributed by atoms with E-state index in [0.717, 1.165) is 22.4 Å². The highest BCUT2D eigenvalue weighted by Gasteiger charge is 2.31. The maximum atomic E-state index is 13.1. The first-order chi connectivity index (χ1) is 19.0. The molecule has 0 unspecified atom stereocenters. The Kier molecular flexibility index (Phi) is 6.31. The summed E-state index contributed by atoms with van der Waals surface area (Å²) >= 11 is 0. The normalized spacial score (nSPS) is 14.1. The van der Waals surface area contributed by atoms with E-state index in [4.69, 9.17) is 10.7 Å². The van der Waals surface area contributed by atoms with Gasteiger partial charge in [0.25, 0.3) is 5.91 Å². The highest BCUT2D eigenvalue weighted by molar-refractivity contribution is 6.02. The summed E-state index contributed by atoms with van der Waals surface area (Å²) in [5, 5.41) is 10.9. The summed E-state index contributed by atoms with van der Waals surface area (Å²) in [7, 11) is 0. The van der Waals surface area contributed by atoms with E-state index in [1.807, 2.05) is 49.4 Å². The van der Waals surface area contributed by atoms with Crippen molar-refractivity contribution < 1.29 is 9.59 Å². The number of piperidine rings is 1. The average molecular weight is 522 g/mol. The van der Waals surface area contributed by atoms with Crippen LogP contribution in [0.15, 0.2) is 61.2 Å². The molecular weight excluding hydrogens is 494 g/mol. The molecule has 11 nitrogen and oxygen atoms in total. The number of carbonyl (C=O) groups is 2. The van der Waals surface area contributed by atoms with Gasteiger partial charge in [-0.05, 0) is 18.9 Å². The summed E-state index contributed by atoms with van der Waals surface area (Å²) in [5.41, 5.74) is 11.8. The number of hydrogen-bond donors (Lipinski definition) is 2. The molecule has 1 saturated heterocycles. The summed E-state index contributed by atoms with van der Waals surface area (Å²) in [6.07, 6.45) is 6.41. The number of hydrogen-bond acceptors (Lipinski definition) is 8. The van der Waals surface area contributed by atoms with E-state index in [9.17, 15) is 9.59 Å². The zero-order chi connectivity index (χ0) is 26.9. The van der Waals surface area contributed by atoms with Crippen molar-refractivity contribution in [2.24, 2.45) is 0 Å². The number of aromatic nitrogens is 7. The van der Waals surface area contributed by atoms with Crippen molar-refractivity contribution in [2.45, 2.75) is 32.1 Å². The Bertz CT molecular complexity index is 1640. The molecule has 0 saturated carbocycles. The molecule has 1 aliphatic rings. The number of aromatic amines is 1. The first kappa shape index (κ1) is 24.4. The number of fused-ring (bicyclic) bond motifs is 1. The summed E-state index contributed by atoms with van der Waals surface area (Å²) < 4.78 is 1.54. The molecule has 5 aromatic rings. The highest BCUT2D eigenvalue weighted by Crippen LogP contribution is 2.35. The fourth-order valence-corrected chi connectivity index (χ4v) is 5.14. The van der Waals surface area contributed by atoms with E-state index in [0.29, 0.717) is 49.3 Å². The van der Waals surface area contributed by atoms with Gasteiger partial charge in [0.15, 0.2) is 11.4 Å². The van der Waals surface area contributed by atoms with Crippen molar-refractivity contribution >= 4 is 23.2 Å². The molecule has 0 bridgehead atoms. The molecule has 0 atom stereocenters. The van der Waals surface area contributed by atoms with Crippen molar-refractivity contribution in [1.29, 1.82) is 0 Å². The number of nitrogens with zero attached hydrogens (tertiary/aromatic N) is 7. The number of Topliss-reactive ketones (excluding diaryl/α,β-unsaturated/α-hetero) is 1. The Hall–Kier alpha value is -4.93. The fraction of sp³-hybridized carbons (Fsp3) is 0.250. The standard InChI is InChI=1S/C28H27N9O2/c1-2-22(38)23-24(18-10-12-36(13-11-18)28(39)26-31-16-32-35-26)34-27-20(15-33-37(27)25(23)29)19-8-9-21(30-14-19)17-6-4-3-5-7-17/h3-9,14-16,18H,2,10-13,29H2,1H3,(H,31,32,35). The summed E-state index contributed by atoms with van der Waals surface area (Å²) in [5.74, 6) is 0.186. The first-order valence-corrected chi connectivity index (χ1v) is 12.9. The van der Waals surface area contributed by atoms with Gasteiger partial charge >= 0.3 is 0 Å². The van der Waals surface area contributed by atoms with Gasteiger partial charge in [-0.1, -0.05) is 43.3 Å². The lowest BCUT2D eigenvalue weighted by Crippen LogP contribution is -2.39. The van der Waals surface area contributed by atoms with Crippen LogP contribution in [0.4, 0.5) is 5.82 Å². The van der Waals surface area contributed by atoms with Crippen LogP contribution < -0.4 is 5.73 Å². The Balaban J connectivity index is 1.35. The van der Waals surface area contributed by atoms with E-state index < -0.39 is 0 Å². The predicted octanol–water partition coefficient (Wildman–Crippen LogP) is 3.77. The largest absolute Gasteiger partial charge is 0.383 e. The van der Waals surface area contributed by atoms with Crippen LogP contribution in [0.3, 0.4) is 0 Å². The molecule has 1 amide bonds. The van der Waals surface area contributed by atoms with Crippen LogP contribution in [0.1, 0.15) is 58.8 Å². The Morgan fingerprint density at radius 1 is 1.03 bits per heavy atom. The van der Waals surface area contributed by atoms with Crippen molar-refractivity contribution in [2.75, 3.05) is 18.8 Å².